The zero-order chi connectivity index (χ0) is 48.8. The maximum absolute atomic E-state index is 2.49. The highest BCUT2D eigenvalue weighted by Crippen LogP contribution is 2.65. The minimum absolute atomic E-state index is 0.521. The zero-order valence-electron chi connectivity index (χ0n) is 40.6. The molecule has 0 radical (unpaired) electrons. The molecular weight excluding hydrogens is 893 g/mol. The van der Waals surface area contributed by atoms with Crippen LogP contribution in [-0.4, -0.2) is 0 Å². The summed E-state index contributed by atoms with van der Waals surface area (Å²) in [5.74, 6) is 0. The van der Waals surface area contributed by atoms with Crippen LogP contribution in [0.5, 0.6) is 0 Å². The molecule has 0 spiro atoms. The topological polar surface area (TPSA) is 6.48 Å². The van der Waals surface area contributed by atoms with Gasteiger partial charge in [0.15, 0.2) is 0 Å². The SMILES string of the molecule is c1ccc(N2c3ccccc3C3(c4ccccc4)c4cc(-c5ccc(N(c6ccc7c(c6)C(c6ccccc6)(c6ccccc6)c6ccccc6-7)c6ccc7ccccc7c6)cc5)ccc4-c4cccc2c43)cc1. The van der Waals surface area contributed by atoms with E-state index in [1.807, 2.05) is 0 Å². The molecule has 0 saturated heterocycles. The summed E-state index contributed by atoms with van der Waals surface area (Å²) in [5.41, 5.74) is 23.6. The molecule has 2 heteroatoms. The van der Waals surface area contributed by atoms with E-state index in [1.54, 1.807) is 0 Å². The van der Waals surface area contributed by atoms with Gasteiger partial charge in [0.2, 0.25) is 0 Å². The average Bonchev–Trinajstić information content (AvgIpc) is 4.09. The van der Waals surface area contributed by atoms with Crippen LogP contribution >= 0.6 is 0 Å². The van der Waals surface area contributed by atoms with Crippen LogP contribution in [0.15, 0.2) is 291 Å². The van der Waals surface area contributed by atoms with Gasteiger partial charge in [0.05, 0.1) is 22.2 Å². The molecule has 0 N–H and O–H groups in total. The Labute approximate surface area is 432 Å². The molecule has 1 heterocycles. The predicted molar refractivity (Wildman–Crippen MR) is 307 cm³/mol. The van der Waals surface area contributed by atoms with E-state index in [9.17, 15) is 0 Å². The van der Waals surface area contributed by atoms with Gasteiger partial charge in [-0.3, -0.25) is 0 Å². The largest absolute Gasteiger partial charge is 0.310 e. The average molecular weight is 941 g/mol. The first-order valence-corrected chi connectivity index (χ1v) is 25.7. The third-order valence-electron chi connectivity index (χ3n) is 16.3. The quantitative estimate of drug-likeness (QED) is 0.150. The molecule has 2 aliphatic carbocycles. The molecule has 74 heavy (non-hydrogen) atoms. The number of rotatable bonds is 8. The van der Waals surface area contributed by atoms with Crippen LogP contribution in [0.1, 0.15) is 44.5 Å². The minimum atomic E-state index is -0.533. The molecule has 1 atom stereocenters. The Morgan fingerprint density at radius 1 is 0.270 bits per heavy atom. The standard InChI is InChI=1S/C72H48N2/c1-5-22-53(23-6-1)71(54-24-7-2-8-25-54)64-32-16-15-30-60(64)61-45-43-59(48-67(61)71)73(58-42-38-49-20-13-14-21-51(49)46-58)57-40-36-50(37-41-57)52-39-44-62-63-31-19-35-69-70(63)72(66(62)47-52,55-26-9-3-10-27-55)65-33-17-18-34-68(65)74(69)56-28-11-4-12-29-56/h1-48H. The van der Waals surface area contributed by atoms with Gasteiger partial charge in [-0.2, -0.15) is 0 Å². The predicted octanol–water partition coefficient (Wildman–Crippen LogP) is 18.5. The smallest absolute Gasteiger partial charge is 0.0754 e. The molecule has 0 bridgehead atoms. The maximum atomic E-state index is 2.49. The highest BCUT2D eigenvalue weighted by molar-refractivity contribution is 6.00. The van der Waals surface area contributed by atoms with Crippen LogP contribution in [0, 0.1) is 0 Å². The van der Waals surface area contributed by atoms with Crippen molar-refractivity contribution in [2.45, 2.75) is 10.8 Å². The van der Waals surface area contributed by atoms with Crippen molar-refractivity contribution in [2.75, 3.05) is 9.80 Å². The number of para-hydroxylation sites is 2. The Morgan fingerprint density at radius 2 is 0.757 bits per heavy atom. The summed E-state index contributed by atoms with van der Waals surface area (Å²) >= 11 is 0. The van der Waals surface area contributed by atoms with Crippen molar-refractivity contribution in [3.05, 3.63) is 336 Å². The van der Waals surface area contributed by atoms with Crippen LogP contribution in [0.2, 0.25) is 0 Å². The molecule has 346 valence electrons. The molecule has 15 rings (SSSR count). The van der Waals surface area contributed by atoms with E-state index < -0.39 is 10.8 Å². The van der Waals surface area contributed by atoms with Crippen LogP contribution in [0.4, 0.5) is 34.1 Å². The summed E-state index contributed by atoms with van der Waals surface area (Å²) < 4.78 is 0. The van der Waals surface area contributed by atoms with Gasteiger partial charge in [0, 0.05) is 28.3 Å². The van der Waals surface area contributed by atoms with E-state index in [0.717, 1.165) is 22.7 Å². The Morgan fingerprint density at radius 3 is 1.49 bits per heavy atom. The Hall–Kier alpha value is -9.50. The van der Waals surface area contributed by atoms with E-state index in [2.05, 4.69) is 301 Å². The Kier molecular flexibility index (Phi) is 9.43. The summed E-state index contributed by atoms with van der Waals surface area (Å²) in [6.45, 7) is 0. The highest BCUT2D eigenvalue weighted by Gasteiger charge is 2.53. The molecule has 12 aromatic rings. The third kappa shape index (κ3) is 6.00. The number of benzene rings is 12. The molecule has 0 saturated carbocycles. The van der Waals surface area contributed by atoms with Crippen molar-refractivity contribution in [1.82, 2.24) is 0 Å². The molecule has 12 aromatic carbocycles. The van der Waals surface area contributed by atoms with E-state index >= 15 is 0 Å². The summed E-state index contributed by atoms with van der Waals surface area (Å²) in [7, 11) is 0. The molecule has 0 aromatic heterocycles. The molecule has 0 fully saturated rings. The lowest BCUT2D eigenvalue weighted by atomic mass is 9.64. The van der Waals surface area contributed by atoms with Crippen molar-refractivity contribution in [2.24, 2.45) is 0 Å². The number of nitrogens with zero attached hydrogens (tertiary/aromatic N) is 2. The van der Waals surface area contributed by atoms with Crippen molar-refractivity contribution in [3.63, 3.8) is 0 Å². The zero-order valence-corrected chi connectivity index (χ0v) is 40.6. The van der Waals surface area contributed by atoms with Crippen molar-refractivity contribution in [1.29, 1.82) is 0 Å². The Bertz CT molecular complexity index is 4090. The van der Waals surface area contributed by atoms with E-state index in [-0.39, 0.29) is 0 Å². The van der Waals surface area contributed by atoms with Gasteiger partial charge in [-0.15, -0.1) is 0 Å². The first-order valence-electron chi connectivity index (χ1n) is 25.7. The van der Waals surface area contributed by atoms with E-state index in [1.165, 1.54) is 100 Å². The second-order valence-electron chi connectivity index (χ2n) is 19.9. The number of hydrogen-bond acceptors (Lipinski definition) is 2. The number of fused-ring (bicyclic) bond motifs is 9. The third-order valence-corrected chi connectivity index (χ3v) is 16.3. The van der Waals surface area contributed by atoms with Crippen LogP contribution in [-0.2, 0) is 10.8 Å². The van der Waals surface area contributed by atoms with Gasteiger partial charge in [-0.05, 0) is 150 Å². The summed E-state index contributed by atoms with van der Waals surface area (Å²) in [6.07, 6.45) is 0. The molecular formula is C72H48N2. The van der Waals surface area contributed by atoms with Crippen molar-refractivity contribution < 1.29 is 0 Å². The number of hydrogen-bond donors (Lipinski definition) is 0. The lowest BCUT2D eigenvalue weighted by Crippen LogP contribution is -2.35. The fourth-order valence-electron chi connectivity index (χ4n) is 13.3. The van der Waals surface area contributed by atoms with Crippen LogP contribution in [0.25, 0.3) is 44.2 Å². The van der Waals surface area contributed by atoms with Gasteiger partial charge < -0.3 is 9.80 Å². The van der Waals surface area contributed by atoms with Crippen LogP contribution in [0.3, 0.4) is 0 Å². The molecule has 0 amide bonds. The number of anilines is 6. The summed E-state index contributed by atoms with van der Waals surface area (Å²) in [6, 6.07) is 108. The minimum Gasteiger partial charge on any atom is -0.310 e. The fraction of sp³-hybridized carbons (Fsp3) is 0.0278. The van der Waals surface area contributed by atoms with Crippen molar-refractivity contribution in [3.8, 4) is 33.4 Å². The summed E-state index contributed by atoms with van der Waals surface area (Å²) in [5, 5.41) is 2.42. The fourth-order valence-corrected chi connectivity index (χ4v) is 13.3. The van der Waals surface area contributed by atoms with Gasteiger partial charge in [0.25, 0.3) is 0 Å². The van der Waals surface area contributed by atoms with E-state index in [0.29, 0.717) is 0 Å². The molecule has 2 nitrogen and oxygen atoms in total. The first kappa shape index (κ1) is 42.2. The maximum Gasteiger partial charge on any atom is 0.0754 e. The van der Waals surface area contributed by atoms with Crippen molar-refractivity contribution >= 4 is 44.9 Å². The highest BCUT2D eigenvalue weighted by atomic mass is 15.2. The molecule has 3 aliphatic rings. The van der Waals surface area contributed by atoms with Gasteiger partial charge in [-0.1, -0.05) is 224 Å². The van der Waals surface area contributed by atoms with Gasteiger partial charge in [0.1, 0.15) is 0 Å². The lowest BCUT2D eigenvalue weighted by molar-refractivity contribution is 0.754. The van der Waals surface area contributed by atoms with Gasteiger partial charge >= 0.3 is 0 Å². The normalized spacial score (nSPS) is 15.2. The lowest BCUT2D eigenvalue weighted by Gasteiger charge is -2.44. The second-order valence-corrected chi connectivity index (χ2v) is 19.9. The first-order chi connectivity index (χ1) is 36.7. The van der Waals surface area contributed by atoms with Crippen LogP contribution < -0.4 is 9.80 Å². The second kappa shape index (κ2) is 16.5. The monoisotopic (exact) mass is 940 g/mol. The van der Waals surface area contributed by atoms with Gasteiger partial charge in [-0.25, -0.2) is 0 Å². The summed E-state index contributed by atoms with van der Waals surface area (Å²) in [4.78, 5) is 4.91. The molecule has 1 unspecified atom stereocenters. The van der Waals surface area contributed by atoms with E-state index in [4.69, 9.17) is 0 Å². The Balaban J connectivity index is 0.901. The molecule has 1 aliphatic heterocycles.